The molecule has 1 N–H and O–H groups in total. The molecule has 0 saturated heterocycles. The third-order valence-corrected chi connectivity index (χ3v) is 3.92. The van der Waals surface area contributed by atoms with Crippen molar-refractivity contribution < 1.29 is 4.79 Å². The highest BCUT2D eigenvalue weighted by molar-refractivity contribution is 5.91. The van der Waals surface area contributed by atoms with Crippen molar-refractivity contribution >= 4 is 28.8 Å². The zero-order valence-corrected chi connectivity index (χ0v) is 14.2. The Balaban J connectivity index is 2.33. The fraction of sp³-hybridized carbons (Fsp3) is 0.300. The van der Waals surface area contributed by atoms with Crippen LogP contribution in [0, 0.1) is 11.3 Å². The molecule has 0 bridgehead atoms. The predicted octanol–water partition coefficient (Wildman–Crippen LogP) is 3.38. The maximum atomic E-state index is 10.8. The first-order valence-corrected chi connectivity index (χ1v) is 8.22. The second-order valence-corrected chi connectivity index (χ2v) is 5.71. The van der Waals surface area contributed by atoms with Crippen LogP contribution in [0.2, 0.25) is 0 Å². The molecule has 2 aromatic rings. The van der Waals surface area contributed by atoms with Gasteiger partial charge < -0.3 is 10.2 Å². The summed E-state index contributed by atoms with van der Waals surface area (Å²) in [5, 5.41) is 14.3. The van der Waals surface area contributed by atoms with Crippen molar-refractivity contribution in [1.29, 1.82) is 5.26 Å². The van der Waals surface area contributed by atoms with Crippen LogP contribution in [0.5, 0.6) is 0 Å². The Morgan fingerprint density at radius 1 is 1.21 bits per heavy atom. The average molecular weight is 321 g/mol. The Morgan fingerprint density at radius 3 is 2.62 bits per heavy atom. The van der Waals surface area contributed by atoms with Crippen molar-refractivity contribution in [2.24, 2.45) is 0 Å². The fourth-order valence-electron chi connectivity index (χ4n) is 2.70. The quantitative estimate of drug-likeness (QED) is 0.460. The number of aldehydes is 1. The average Bonchev–Trinajstić information content (AvgIpc) is 2.62. The van der Waals surface area contributed by atoms with E-state index in [1.54, 1.807) is 6.08 Å². The highest BCUT2D eigenvalue weighted by Gasteiger charge is 2.06. The lowest BCUT2D eigenvalue weighted by Crippen LogP contribution is -2.31. The lowest BCUT2D eigenvalue weighted by Gasteiger charge is -2.24. The smallest absolute Gasteiger partial charge is 0.160 e. The summed E-state index contributed by atoms with van der Waals surface area (Å²) in [6.07, 6.45) is 3.29. The number of allylic oxidation sites excluding steroid dienone is 1. The monoisotopic (exact) mass is 321 g/mol. The number of hydrogen-bond acceptors (Lipinski definition) is 4. The van der Waals surface area contributed by atoms with Gasteiger partial charge in [-0.05, 0) is 54.1 Å². The van der Waals surface area contributed by atoms with E-state index >= 15 is 0 Å². The molecule has 0 radical (unpaired) electrons. The maximum absolute atomic E-state index is 10.8. The molecule has 0 aliphatic rings. The van der Waals surface area contributed by atoms with Crippen LogP contribution in [-0.2, 0) is 4.79 Å². The summed E-state index contributed by atoms with van der Waals surface area (Å²) in [6, 6.07) is 14.3. The van der Waals surface area contributed by atoms with Crippen LogP contribution in [-0.4, -0.2) is 33.0 Å². The van der Waals surface area contributed by atoms with E-state index in [0.29, 0.717) is 6.29 Å². The van der Waals surface area contributed by atoms with E-state index in [2.05, 4.69) is 35.3 Å². The zero-order chi connectivity index (χ0) is 17.4. The molecule has 0 unspecified atom stereocenters. The molecule has 0 fully saturated rings. The Labute approximate surface area is 143 Å². The molecule has 0 saturated carbocycles. The summed E-state index contributed by atoms with van der Waals surface area (Å²) in [4.78, 5) is 13.1. The normalized spacial score (nSPS) is 11.3. The number of carbonyl (C=O) groups is 1. The highest BCUT2D eigenvalue weighted by Crippen LogP contribution is 2.24. The second kappa shape index (κ2) is 8.85. The minimum atomic E-state index is 0.132. The Morgan fingerprint density at radius 2 is 1.96 bits per heavy atom. The van der Waals surface area contributed by atoms with Crippen molar-refractivity contribution in [1.82, 2.24) is 5.32 Å². The van der Waals surface area contributed by atoms with E-state index in [0.717, 1.165) is 42.4 Å². The van der Waals surface area contributed by atoms with Gasteiger partial charge in [0.15, 0.2) is 6.29 Å². The van der Waals surface area contributed by atoms with Crippen LogP contribution in [0.4, 0.5) is 5.69 Å². The SMILES string of the molecule is CCCN(CCNC)c1ccc2cc(/C=C(\C#N)C=O)ccc2c1. The number of benzene rings is 2. The van der Waals surface area contributed by atoms with Gasteiger partial charge in [-0.25, -0.2) is 0 Å². The molecule has 4 heteroatoms. The molecule has 124 valence electrons. The molecule has 0 aliphatic carbocycles. The molecule has 0 spiro atoms. The first-order valence-electron chi connectivity index (χ1n) is 8.22. The minimum absolute atomic E-state index is 0.132. The molecule has 24 heavy (non-hydrogen) atoms. The van der Waals surface area contributed by atoms with Crippen LogP contribution in [0.25, 0.3) is 16.8 Å². The van der Waals surface area contributed by atoms with Gasteiger partial charge in [-0.3, -0.25) is 4.79 Å². The third-order valence-electron chi connectivity index (χ3n) is 3.92. The molecule has 0 heterocycles. The number of nitriles is 1. The number of likely N-dealkylation sites (N-methyl/N-ethyl adjacent to an activating group) is 1. The summed E-state index contributed by atoms with van der Waals surface area (Å²) in [5.41, 5.74) is 2.21. The van der Waals surface area contributed by atoms with Gasteiger partial charge in [-0.15, -0.1) is 0 Å². The number of anilines is 1. The van der Waals surface area contributed by atoms with Gasteiger partial charge in [0.05, 0.1) is 5.57 Å². The number of nitrogens with one attached hydrogen (secondary N) is 1. The van der Waals surface area contributed by atoms with Crippen molar-refractivity contribution in [2.75, 3.05) is 31.6 Å². The first kappa shape index (κ1) is 17.7. The van der Waals surface area contributed by atoms with Gasteiger partial charge in [0, 0.05) is 25.3 Å². The standard InChI is InChI=1S/C20H23N3O/c1-3-9-23(10-8-22-2)20-7-6-18-12-16(4-5-19(18)13-20)11-17(14-21)15-24/h4-7,11-13,15,22H,3,8-10H2,1-2H3/b17-11+. The van der Waals surface area contributed by atoms with E-state index in [1.165, 1.54) is 5.69 Å². The van der Waals surface area contributed by atoms with Crippen molar-refractivity contribution in [3.05, 3.63) is 47.5 Å². The predicted molar refractivity (Wildman–Crippen MR) is 100 cm³/mol. The van der Waals surface area contributed by atoms with Crippen molar-refractivity contribution in [3.63, 3.8) is 0 Å². The topological polar surface area (TPSA) is 56.1 Å². The fourth-order valence-corrected chi connectivity index (χ4v) is 2.70. The summed E-state index contributed by atoms with van der Waals surface area (Å²) in [5.74, 6) is 0. The number of carbonyl (C=O) groups excluding carboxylic acids is 1. The van der Waals surface area contributed by atoms with Crippen LogP contribution >= 0.6 is 0 Å². The molecule has 0 amide bonds. The molecule has 2 aromatic carbocycles. The number of nitrogens with zero attached hydrogens (tertiary/aromatic N) is 2. The van der Waals surface area contributed by atoms with Gasteiger partial charge in [0.25, 0.3) is 0 Å². The summed E-state index contributed by atoms with van der Waals surface area (Å²) < 4.78 is 0. The molecule has 0 aliphatic heterocycles. The van der Waals surface area contributed by atoms with E-state index < -0.39 is 0 Å². The van der Waals surface area contributed by atoms with Crippen LogP contribution in [0.15, 0.2) is 42.0 Å². The molecular weight excluding hydrogens is 298 g/mol. The lowest BCUT2D eigenvalue weighted by molar-refractivity contribution is -0.104. The van der Waals surface area contributed by atoms with Crippen LogP contribution in [0.1, 0.15) is 18.9 Å². The summed E-state index contributed by atoms with van der Waals surface area (Å²) >= 11 is 0. The number of hydrogen-bond donors (Lipinski definition) is 1. The van der Waals surface area contributed by atoms with Gasteiger partial charge in [0.2, 0.25) is 0 Å². The third kappa shape index (κ3) is 4.43. The van der Waals surface area contributed by atoms with E-state index in [4.69, 9.17) is 5.26 Å². The van der Waals surface area contributed by atoms with Gasteiger partial charge in [0.1, 0.15) is 6.07 Å². The van der Waals surface area contributed by atoms with Crippen LogP contribution in [0.3, 0.4) is 0 Å². The Kier molecular flexibility index (Phi) is 6.53. The number of fused-ring (bicyclic) bond motifs is 1. The lowest BCUT2D eigenvalue weighted by atomic mass is 10.0. The maximum Gasteiger partial charge on any atom is 0.160 e. The van der Waals surface area contributed by atoms with Crippen molar-refractivity contribution in [3.8, 4) is 6.07 Å². The molecule has 2 rings (SSSR count). The van der Waals surface area contributed by atoms with E-state index in [-0.39, 0.29) is 5.57 Å². The molecule has 0 aromatic heterocycles. The van der Waals surface area contributed by atoms with Crippen LogP contribution < -0.4 is 10.2 Å². The highest BCUT2D eigenvalue weighted by atomic mass is 16.1. The Hall–Kier alpha value is -2.64. The first-order chi connectivity index (χ1) is 11.7. The van der Waals surface area contributed by atoms with Gasteiger partial charge in [-0.1, -0.05) is 25.1 Å². The van der Waals surface area contributed by atoms with Gasteiger partial charge >= 0.3 is 0 Å². The zero-order valence-electron chi connectivity index (χ0n) is 14.2. The van der Waals surface area contributed by atoms with Crippen molar-refractivity contribution in [2.45, 2.75) is 13.3 Å². The molecule has 4 nitrogen and oxygen atoms in total. The molecular formula is C20H23N3O. The van der Waals surface area contributed by atoms with E-state index in [1.807, 2.05) is 31.3 Å². The summed E-state index contributed by atoms with van der Waals surface area (Å²) in [6.45, 7) is 5.14. The second-order valence-electron chi connectivity index (χ2n) is 5.71. The Bertz CT molecular complexity index is 774. The van der Waals surface area contributed by atoms with Gasteiger partial charge in [-0.2, -0.15) is 5.26 Å². The minimum Gasteiger partial charge on any atom is -0.370 e. The largest absolute Gasteiger partial charge is 0.370 e. The molecule has 0 atom stereocenters. The summed E-state index contributed by atoms with van der Waals surface area (Å²) in [7, 11) is 1.97. The number of rotatable bonds is 8. The van der Waals surface area contributed by atoms with E-state index in [9.17, 15) is 4.79 Å².